The molecule has 28 heavy (non-hydrogen) atoms. The number of anilines is 1. The van der Waals surface area contributed by atoms with Crippen LogP contribution >= 0.6 is 0 Å². The van der Waals surface area contributed by atoms with Gasteiger partial charge in [0.25, 0.3) is 5.91 Å². The van der Waals surface area contributed by atoms with Crippen molar-refractivity contribution < 1.29 is 18.0 Å². The molecule has 3 N–H and O–H groups in total. The summed E-state index contributed by atoms with van der Waals surface area (Å²) in [4.78, 5) is 24.4. The molecule has 8 heteroatoms. The van der Waals surface area contributed by atoms with Crippen molar-refractivity contribution in [2.45, 2.75) is 37.6 Å². The van der Waals surface area contributed by atoms with Crippen LogP contribution < -0.4 is 15.4 Å². The smallest absolute Gasteiger partial charge is 0.251 e. The van der Waals surface area contributed by atoms with Gasteiger partial charge in [0.05, 0.1) is 11.4 Å². The third-order valence-electron chi connectivity index (χ3n) is 4.51. The second-order valence-corrected chi connectivity index (χ2v) is 8.67. The normalized spacial score (nSPS) is 13.8. The van der Waals surface area contributed by atoms with Crippen molar-refractivity contribution in [2.24, 2.45) is 0 Å². The average molecular weight is 401 g/mol. The van der Waals surface area contributed by atoms with Gasteiger partial charge in [0, 0.05) is 17.3 Å². The minimum Gasteiger partial charge on any atom is -0.343 e. The highest BCUT2D eigenvalue weighted by atomic mass is 32.2. The second kappa shape index (κ2) is 8.12. The number of rotatable bonds is 7. The fraction of sp³-hybridized carbons (Fsp3) is 0.300. The number of nitrogens with one attached hydrogen (secondary N) is 3. The highest BCUT2D eigenvalue weighted by molar-refractivity contribution is 7.89. The average Bonchev–Trinajstić information content (AvgIpc) is 3.45. The van der Waals surface area contributed by atoms with Gasteiger partial charge in [-0.2, -0.15) is 0 Å². The van der Waals surface area contributed by atoms with E-state index in [2.05, 4.69) is 15.4 Å². The standard InChI is InChI=1S/C20H23N3O4S/c1-13-6-7-15(10-14(13)2)20(25)21-12-19(24)22-17-4-3-5-18(11-17)28(26,27)23-16-8-9-16/h3-7,10-11,16,23H,8-9,12H2,1-2H3,(H,21,25)(H,22,24). The second-order valence-electron chi connectivity index (χ2n) is 6.95. The number of amides is 2. The third-order valence-corrected chi connectivity index (χ3v) is 6.02. The first kappa shape index (κ1) is 20.0. The summed E-state index contributed by atoms with van der Waals surface area (Å²) in [5, 5.41) is 5.17. The summed E-state index contributed by atoms with van der Waals surface area (Å²) in [5.41, 5.74) is 2.91. The van der Waals surface area contributed by atoms with E-state index in [0.717, 1.165) is 24.0 Å². The lowest BCUT2D eigenvalue weighted by Gasteiger charge is -2.10. The molecule has 0 radical (unpaired) electrons. The number of aryl methyl sites for hydroxylation is 2. The molecule has 0 heterocycles. The van der Waals surface area contributed by atoms with Gasteiger partial charge in [-0.15, -0.1) is 0 Å². The molecule has 0 saturated heterocycles. The van der Waals surface area contributed by atoms with Crippen LogP contribution in [-0.2, 0) is 14.8 Å². The summed E-state index contributed by atoms with van der Waals surface area (Å²) < 4.78 is 27.1. The fourth-order valence-electron chi connectivity index (χ4n) is 2.58. The molecule has 0 atom stereocenters. The molecule has 1 aliphatic carbocycles. The van der Waals surface area contributed by atoms with Crippen molar-refractivity contribution in [1.82, 2.24) is 10.0 Å². The van der Waals surface area contributed by atoms with Crippen molar-refractivity contribution >= 4 is 27.5 Å². The van der Waals surface area contributed by atoms with E-state index in [0.29, 0.717) is 11.3 Å². The molecule has 2 aromatic carbocycles. The van der Waals surface area contributed by atoms with E-state index in [1.165, 1.54) is 12.1 Å². The zero-order valence-electron chi connectivity index (χ0n) is 15.8. The van der Waals surface area contributed by atoms with Crippen molar-refractivity contribution in [3.63, 3.8) is 0 Å². The zero-order chi connectivity index (χ0) is 20.3. The monoisotopic (exact) mass is 401 g/mol. The van der Waals surface area contributed by atoms with E-state index < -0.39 is 15.9 Å². The first-order chi connectivity index (χ1) is 13.2. The van der Waals surface area contributed by atoms with Crippen LogP contribution in [-0.4, -0.2) is 32.8 Å². The number of carbonyl (C=O) groups is 2. The van der Waals surface area contributed by atoms with Gasteiger partial charge in [0.2, 0.25) is 15.9 Å². The van der Waals surface area contributed by atoms with Crippen LogP contribution in [0.2, 0.25) is 0 Å². The maximum Gasteiger partial charge on any atom is 0.251 e. The molecule has 2 amide bonds. The van der Waals surface area contributed by atoms with Crippen LogP contribution in [0.15, 0.2) is 47.4 Å². The lowest BCUT2D eigenvalue weighted by molar-refractivity contribution is -0.115. The van der Waals surface area contributed by atoms with E-state index >= 15 is 0 Å². The Morgan fingerprint density at radius 2 is 1.79 bits per heavy atom. The molecule has 0 bridgehead atoms. The molecular formula is C20H23N3O4S. The van der Waals surface area contributed by atoms with Crippen molar-refractivity contribution in [2.75, 3.05) is 11.9 Å². The molecule has 7 nitrogen and oxygen atoms in total. The fourth-order valence-corrected chi connectivity index (χ4v) is 3.93. The Bertz CT molecular complexity index is 1010. The van der Waals surface area contributed by atoms with Crippen LogP contribution in [0.5, 0.6) is 0 Å². The van der Waals surface area contributed by atoms with Gasteiger partial charge in [0.15, 0.2) is 0 Å². The number of benzene rings is 2. The first-order valence-electron chi connectivity index (χ1n) is 9.02. The van der Waals surface area contributed by atoms with Gasteiger partial charge in [-0.05, 0) is 68.1 Å². The van der Waals surface area contributed by atoms with Crippen molar-refractivity contribution in [3.05, 3.63) is 59.2 Å². The van der Waals surface area contributed by atoms with Crippen molar-refractivity contribution in [1.29, 1.82) is 0 Å². The topological polar surface area (TPSA) is 104 Å². The van der Waals surface area contributed by atoms with E-state index in [-0.39, 0.29) is 23.4 Å². The molecule has 0 aliphatic heterocycles. The summed E-state index contributed by atoms with van der Waals surface area (Å²) in [6.07, 6.45) is 1.69. The Balaban J connectivity index is 1.58. The third kappa shape index (κ3) is 5.17. The number of sulfonamides is 1. The summed E-state index contributed by atoms with van der Waals surface area (Å²) in [7, 11) is -3.60. The SMILES string of the molecule is Cc1ccc(C(=O)NCC(=O)Nc2cccc(S(=O)(=O)NC3CC3)c2)cc1C. The molecule has 2 aromatic rings. The van der Waals surface area contributed by atoms with Gasteiger partial charge in [-0.3, -0.25) is 9.59 Å². The molecule has 1 saturated carbocycles. The summed E-state index contributed by atoms with van der Waals surface area (Å²) >= 11 is 0. The maximum atomic E-state index is 12.3. The minimum atomic E-state index is -3.60. The van der Waals surface area contributed by atoms with Crippen LogP contribution in [0.4, 0.5) is 5.69 Å². The molecular weight excluding hydrogens is 378 g/mol. The van der Waals surface area contributed by atoms with Gasteiger partial charge in [-0.25, -0.2) is 13.1 Å². The van der Waals surface area contributed by atoms with Gasteiger partial charge in [0.1, 0.15) is 0 Å². The Kier molecular flexibility index (Phi) is 5.81. The van der Waals surface area contributed by atoms with E-state index in [1.807, 2.05) is 19.9 Å². The van der Waals surface area contributed by atoms with Gasteiger partial charge < -0.3 is 10.6 Å². The number of hydrogen-bond donors (Lipinski definition) is 3. The van der Waals surface area contributed by atoms with Crippen molar-refractivity contribution in [3.8, 4) is 0 Å². The van der Waals surface area contributed by atoms with Crippen LogP contribution in [0.3, 0.4) is 0 Å². The Hall–Kier alpha value is -2.71. The lowest BCUT2D eigenvalue weighted by Crippen LogP contribution is -2.33. The van der Waals surface area contributed by atoms with Gasteiger partial charge >= 0.3 is 0 Å². The van der Waals surface area contributed by atoms with Crippen LogP contribution in [0.1, 0.15) is 34.3 Å². The van der Waals surface area contributed by atoms with Crippen LogP contribution in [0.25, 0.3) is 0 Å². The van der Waals surface area contributed by atoms with Gasteiger partial charge in [-0.1, -0.05) is 12.1 Å². The zero-order valence-corrected chi connectivity index (χ0v) is 16.6. The minimum absolute atomic E-state index is 0.00358. The van der Waals surface area contributed by atoms with Crippen LogP contribution in [0, 0.1) is 13.8 Å². The quantitative estimate of drug-likeness (QED) is 0.661. The molecule has 0 unspecified atom stereocenters. The molecule has 3 rings (SSSR count). The predicted molar refractivity (Wildman–Crippen MR) is 107 cm³/mol. The molecule has 0 aromatic heterocycles. The van der Waals surface area contributed by atoms with E-state index in [9.17, 15) is 18.0 Å². The maximum absolute atomic E-state index is 12.3. The Morgan fingerprint density at radius 3 is 2.46 bits per heavy atom. The highest BCUT2D eigenvalue weighted by Gasteiger charge is 2.28. The molecule has 1 aliphatic rings. The largest absolute Gasteiger partial charge is 0.343 e. The van der Waals surface area contributed by atoms with E-state index in [4.69, 9.17) is 0 Å². The lowest BCUT2D eigenvalue weighted by atomic mass is 10.1. The Labute approximate surface area is 164 Å². The summed E-state index contributed by atoms with van der Waals surface area (Å²) in [6.45, 7) is 3.65. The molecule has 1 fully saturated rings. The summed E-state index contributed by atoms with van der Waals surface area (Å²) in [6, 6.07) is 11.4. The first-order valence-corrected chi connectivity index (χ1v) is 10.5. The Morgan fingerprint density at radius 1 is 1.04 bits per heavy atom. The summed E-state index contributed by atoms with van der Waals surface area (Å²) in [5.74, 6) is -0.787. The number of hydrogen-bond acceptors (Lipinski definition) is 4. The number of carbonyl (C=O) groups excluding carboxylic acids is 2. The van der Waals surface area contributed by atoms with E-state index in [1.54, 1.807) is 24.3 Å². The molecule has 0 spiro atoms. The molecule has 148 valence electrons. The predicted octanol–water partition coefficient (Wildman–Crippen LogP) is 2.11. The highest BCUT2D eigenvalue weighted by Crippen LogP contribution is 2.23.